The summed E-state index contributed by atoms with van der Waals surface area (Å²) in [4.78, 5) is 23.9. The summed E-state index contributed by atoms with van der Waals surface area (Å²) in [5.41, 5.74) is 4.90. The van der Waals surface area contributed by atoms with Gasteiger partial charge in [0.1, 0.15) is 5.82 Å². The molecule has 2 amide bonds. The Balaban J connectivity index is 1.81. The number of anilines is 2. The summed E-state index contributed by atoms with van der Waals surface area (Å²) in [6.45, 7) is 7.35. The Labute approximate surface area is 153 Å². The maximum atomic E-state index is 13.5. The van der Waals surface area contributed by atoms with E-state index < -0.39 is 0 Å². The first-order chi connectivity index (χ1) is 12.3. The average molecular weight is 357 g/mol. The van der Waals surface area contributed by atoms with E-state index in [1.54, 1.807) is 19.1 Å². The molecule has 0 aliphatic heterocycles. The number of benzene rings is 2. The van der Waals surface area contributed by atoms with Gasteiger partial charge in [-0.05, 0) is 56.5 Å². The zero-order valence-electron chi connectivity index (χ0n) is 15.5. The van der Waals surface area contributed by atoms with E-state index in [9.17, 15) is 14.0 Å². The highest BCUT2D eigenvalue weighted by Crippen LogP contribution is 2.21. The minimum absolute atomic E-state index is 0.0433. The second kappa shape index (κ2) is 8.47. The first kappa shape index (κ1) is 19.4. The van der Waals surface area contributed by atoms with Crippen LogP contribution in [0.5, 0.6) is 0 Å². The number of nitrogens with one attached hydrogen (secondary N) is 3. The fourth-order valence-corrected chi connectivity index (χ4v) is 2.69. The number of hydrogen-bond acceptors (Lipinski definition) is 3. The lowest BCUT2D eigenvalue weighted by Gasteiger charge is -2.13. The van der Waals surface area contributed by atoms with Crippen molar-refractivity contribution >= 4 is 23.2 Å². The highest BCUT2D eigenvalue weighted by Gasteiger charge is 2.10. The average Bonchev–Trinajstić information content (AvgIpc) is 2.57. The molecule has 26 heavy (non-hydrogen) atoms. The molecule has 5 nitrogen and oxygen atoms in total. The van der Waals surface area contributed by atoms with E-state index in [2.05, 4.69) is 16.0 Å². The van der Waals surface area contributed by atoms with Gasteiger partial charge >= 0.3 is 0 Å². The van der Waals surface area contributed by atoms with Crippen molar-refractivity contribution in [2.24, 2.45) is 0 Å². The lowest BCUT2D eigenvalue weighted by atomic mass is 10.1. The summed E-state index contributed by atoms with van der Waals surface area (Å²) in [6, 6.07) is 8.65. The second-order valence-corrected chi connectivity index (χ2v) is 6.42. The molecule has 0 bridgehead atoms. The Kier molecular flexibility index (Phi) is 6.33. The highest BCUT2D eigenvalue weighted by molar-refractivity contribution is 5.96. The maximum absolute atomic E-state index is 13.5. The number of carbonyl (C=O) groups excluding carboxylic acids is 2. The van der Waals surface area contributed by atoms with Gasteiger partial charge in [-0.3, -0.25) is 9.59 Å². The molecule has 0 aromatic heterocycles. The van der Waals surface area contributed by atoms with Crippen LogP contribution in [0.1, 0.15) is 22.3 Å². The van der Waals surface area contributed by atoms with Crippen LogP contribution in [0.15, 0.2) is 30.3 Å². The Morgan fingerprint density at radius 1 is 0.885 bits per heavy atom. The maximum Gasteiger partial charge on any atom is 0.243 e. The second-order valence-electron chi connectivity index (χ2n) is 6.42. The van der Waals surface area contributed by atoms with Crippen molar-refractivity contribution in [2.75, 3.05) is 23.7 Å². The minimum atomic E-state index is -0.349. The number of hydrogen-bond donors (Lipinski definition) is 3. The van der Waals surface area contributed by atoms with Crippen molar-refractivity contribution in [1.29, 1.82) is 0 Å². The minimum Gasteiger partial charge on any atom is -0.376 e. The fourth-order valence-electron chi connectivity index (χ4n) is 2.69. The Bertz CT molecular complexity index is 811. The molecule has 138 valence electrons. The molecular weight excluding hydrogens is 333 g/mol. The molecular formula is C20H24FN3O2. The number of rotatable bonds is 6. The standard InChI is InChI=1S/C20H24FN3O2/c1-12-7-14(3)20(15(4)8-12)24-19(26)11-23-18(25)10-22-16-6-5-13(2)17(21)9-16/h5-9,22H,10-11H2,1-4H3,(H,23,25)(H,24,26). The quantitative estimate of drug-likeness (QED) is 0.743. The summed E-state index contributed by atoms with van der Waals surface area (Å²) in [5.74, 6) is -0.980. The zero-order chi connectivity index (χ0) is 19.3. The van der Waals surface area contributed by atoms with Crippen molar-refractivity contribution in [3.63, 3.8) is 0 Å². The van der Waals surface area contributed by atoms with E-state index in [-0.39, 0.29) is 30.7 Å². The molecule has 2 rings (SSSR count). The van der Waals surface area contributed by atoms with Crippen molar-refractivity contribution < 1.29 is 14.0 Å². The molecule has 0 aliphatic carbocycles. The van der Waals surface area contributed by atoms with E-state index in [0.29, 0.717) is 11.3 Å². The van der Waals surface area contributed by atoms with Gasteiger partial charge in [0.25, 0.3) is 0 Å². The Morgan fingerprint density at radius 3 is 2.15 bits per heavy atom. The number of halogens is 1. The number of aryl methyl sites for hydroxylation is 4. The Hall–Kier alpha value is -2.89. The largest absolute Gasteiger partial charge is 0.376 e. The zero-order valence-corrected chi connectivity index (χ0v) is 15.5. The first-order valence-electron chi connectivity index (χ1n) is 8.40. The van der Waals surface area contributed by atoms with Crippen LogP contribution in [0.2, 0.25) is 0 Å². The van der Waals surface area contributed by atoms with Crippen molar-refractivity contribution in [3.05, 3.63) is 58.4 Å². The van der Waals surface area contributed by atoms with Crippen molar-refractivity contribution in [1.82, 2.24) is 5.32 Å². The van der Waals surface area contributed by atoms with Crippen molar-refractivity contribution in [3.8, 4) is 0 Å². The lowest BCUT2D eigenvalue weighted by Crippen LogP contribution is -2.36. The van der Waals surface area contributed by atoms with E-state index in [4.69, 9.17) is 0 Å². The molecule has 0 heterocycles. The Morgan fingerprint density at radius 2 is 1.54 bits per heavy atom. The molecule has 2 aromatic rings. The monoisotopic (exact) mass is 357 g/mol. The molecule has 6 heteroatoms. The first-order valence-corrected chi connectivity index (χ1v) is 8.40. The molecule has 0 saturated heterocycles. The van der Waals surface area contributed by atoms with Crippen LogP contribution in [-0.2, 0) is 9.59 Å². The highest BCUT2D eigenvalue weighted by atomic mass is 19.1. The van der Waals surface area contributed by atoms with Gasteiger partial charge in [-0.2, -0.15) is 0 Å². The van der Waals surface area contributed by atoms with E-state index in [1.807, 2.05) is 32.9 Å². The smallest absolute Gasteiger partial charge is 0.243 e. The fraction of sp³-hybridized carbons (Fsp3) is 0.300. The van der Waals surface area contributed by atoms with Crippen molar-refractivity contribution in [2.45, 2.75) is 27.7 Å². The summed E-state index contributed by atoms with van der Waals surface area (Å²) >= 11 is 0. The predicted molar refractivity (Wildman–Crippen MR) is 102 cm³/mol. The van der Waals surface area contributed by atoms with Gasteiger partial charge in [0.2, 0.25) is 11.8 Å². The molecule has 3 N–H and O–H groups in total. The van der Waals surface area contributed by atoms with Gasteiger partial charge in [0, 0.05) is 11.4 Å². The third-order valence-electron chi connectivity index (χ3n) is 4.01. The van der Waals surface area contributed by atoms with Gasteiger partial charge in [0.15, 0.2) is 0 Å². The van der Waals surface area contributed by atoms with Gasteiger partial charge < -0.3 is 16.0 Å². The van der Waals surface area contributed by atoms with Crippen LogP contribution in [0.3, 0.4) is 0 Å². The van der Waals surface area contributed by atoms with Gasteiger partial charge in [0.05, 0.1) is 13.1 Å². The SMILES string of the molecule is Cc1cc(C)c(NC(=O)CNC(=O)CNc2ccc(C)c(F)c2)c(C)c1. The van der Waals surface area contributed by atoms with E-state index >= 15 is 0 Å². The van der Waals surface area contributed by atoms with Gasteiger partial charge in [-0.15, -0.1) is 0 Å². The predicted octanol–water partition coefficient (Wildman–Crippen LogP) is 3.23. The summed E-state index contributed by atoms with van der Waals surface area (Å²) < 4.78 is 13.5. The molecule has 0 fully saturated rings. The topological polar surface area (TPSA) is 70.2 Å². The lowest BCUT2D eigenvalue weighted by molar-refractivity contribution is -0.122. The number of amides is 2. The van der Waals surface area contributed by atoms with Crippen LogP contribution < -0.4 is 16.0 Å². The van der Waals surface area contributed by atoms with Crippen LogP contribution in [0.25, 0.3) is 0 Å². The normalized spacial score (nSPS) is 10.3. The molecule has 0 aliphatic rings. The number of carbonyl (C=O) groups is 2. The molecule has 0 spiro atoms. The van der Waals surface area contributed by atoms with Crippen LogP contribution in [0.4, 0.5) is 15.8 Å². The molecule has 2 aromatic carbocycles. The van der Waals surface area contributed by atoms with Crippen LogP contribution >= 0.6 is 0 Å². The van der Waals surface area contributed by atoms with Gasteiger partial charge in [-0.25, -0.2) is 4.39 Å². The third kappa shape index (κ3) is 5.31. The molecule has 0 atom stereocenters. The molecule has 0 radical (unpaired) electrons. The summed E-state index contributed by atoms with van der Waals surface area (Å²) in [7, 11) is 0. The van der Waals surface area contributed by atoms with E-state index in [0.717, 1.165) is 22.4 Å². The van der Waals surface area contributed by atoms with Crippen LogP contribution in [-0.4, -0.2) is 24.9 Å². The van der Waals surface area contributed by atoms with Gasteiger partial charge in [-0.1, -0.05) is 23.8 Å². The van der Waals surface area contributed by atoms with E-state index in [1.165, 1.54) is 6.07 Å². The van der Waals surface area contributed by atoms with Crippen LogP contribution in [0, 0.1) is 33.5 Å². The molecule has 0 unspecified atom stereocenters. The third-order valence-corrected chi connectivity index (χ3v) is 4.01. The summed E-state index contributed by atoms with van der Waals surface area (Å²) in [5, 5.41) is 8.19. The molecule has 0 saturated carbocycles. The summed E-state index contributed by atoms with van der Waals surface area (Å²) in [6.07, 6.45) is 0.